The van der Waals surface area contributed by atoms with Crippen LogP contribution in [0.15, 0.2) is 24.3 Å². The van der Waals surface area contributed by atoms with Crippen molar-refractivity contribution in [2.45, 2.75) is 69.6 Å². The molecule has 2 fully saturated rings. The second-order valence-electron chi connectivity index (χ2n) is 8.73. The van der Waals surface area contributed by atoms with Crippen molar-refractivity contribution in [1.82, 2.24) is 10.3 Å². The summed E-state index contributed by atoms with van der Waals surface area (Å²) in [4.78, 5) is 27.6. The fourth-order valence-corrected chi connectivity index (χ4v) is 4.76. The highest BCUT2D eigenvalue weighted by molar-refractivity contribution is 6.31. The minimum Gasteiger partial charge on any atom is -0.382 e. The quantitative estimate of drug-likeness (QED) is 0.622. The van der Waals surface area contributed by atoms with Crippen LogP contribution in [0.25, 0.3) is 10.9 Å². The van der Waals surface area contributed by atoms with Crippen molar-refractivity contribution in [3.8, 4) is 0 Å². The topological polar surface area (TPSA) is 71.1 Å². The van der Waals surface area contributed by atoms with Crippen LogP contribution in [0, 0.1) is 5.92 Å². The molecule has 172 valence electrons. The van der Waals surface area contributed by atoms with E-state index in [0.717, 1.165) is 31.7 Å². The summed E-state index contributed by atoms with van der Waals surface area (Å²) in [5.41, 5.74) is -0.343. The molecule has 2 saturated carbocycles. The number of fused-ring (bicyclic) bond motifs is 1. The zero-order valence-electron chi connectivity index (χ0n) is 17.5. The number of aromatic nitrogens is 1. The molecule has 2 N–H and O–H groups in total. The number of carbonyl (C=O) groups is 2. The van der Waals surface area contributed by atoms with E-state index < -0.39 is 11.9 Å². The minimum atomic E-state index is -4.55. The highest BCUT2D eigenvalue weighted by atomic mass is 35.5. The van der Waals surface area contributed by atoms with Crippen molar-refractivity contribution in [2.24, 2.45) is 5.92 Å². The summed E-state index contributed by atoms with van der Waals surface area (Å²) in [6.07, 6.45) is 0.546. The predicted molar refractivity (Wildman–Crippen MR) is 117 cm³/mol. The van der Waals surface area contributed by atoms with Crippen LogP contribution in [0.2, 0.25) is 5.02 Å². The van der Waals surface area contributed by atoms with Crippen molar-refractivity contribution in [1.29, 1.82) is 0 Å². The van der Waals surface area contributed by atoms with E-state index in [9.17, 15) is 22.8 Å². The Morgan fingerprint density at radius 1 is 1.00 bits per heavy atom. The van der Waals surface area contributed by atoms with Gasteiger partial charge in [-0.15, -0.1) is 0 Å². The predicted octanol–water partition coefficient (Wildman–Crippen LogP) is 5.51. The Morgan fingerprint density at radius 3 is 2.31 bits per heavy atom. The van der Waals surface area contributed by atoms with Crippen LogP contribution < -0.4 is 10.6 Å². The highest BCUT2D eigenvalue weighted by Gasteiger charge is 2.34. The summed E-state index contributed by atoms with van der Waals surface area (Å²) in [6, 6.07) is 5.71. The lowest BCUT2D eigenvalue weighted by Crippen LogP contribution is -2.43. The van der Waals surface area contributed by atoms with Gasteiger partial charge >= 0.3 is 6.18 Å². The molecular weight excluding hydrogens is 443 g/mol. The molecule has 1 amide bonds. The van der Waals surface area contributed by atoms with E-state index in [-0.39, 0.29) is 35.2 Å². The summed E-state index contributed by atoms with van der Waals surface area (Å²) in [7, 11) is 0. The molecule has 0 unspecified atom stereocenters. The summed E-state index contributed by atoms with van der Waals surface area (Å²) in [5.74, 6) is 0.134. The number of carbonyl (C=O) groups excluding carboxylic acids is 2. The van der Waals surface area contributed by atoms with Gasteiger partial charge in [0.1, 0.15) is 11.5 Å². The van der Waals surface area contributed by atoms with Crippen LogP contribution in [0.3, 0.4) is 0 Å². The molecule has 1 heterocycles. The number of nitrogens with one attached hydrogen (secondary N) is 2. The van der Waals surface area contributed by atoms with Gasteiger partial charge in [0.2, 0.25) is 5.91 Å². The number of nitrogens with zero attached hydrogens (tertiary/aromatic N) is 1. The molecule has 1 aromatic carbocycles. The van der Waals surface area contributed by atoms with Crippen LogP contribution in [-0.4, -0.2) is 28.8 Å². The van der Waals surface area contributed by atoms with Gasteiger partial charge in [0, 0.05) is 46.9 Å². The van der Waals surface area contributed by atoms with Crippen molar-refractivity contribution in [2.75, 3.05) is 5.32 Å². The van der Waals surface area contributed by atoms with Crippen LogP contribution >= 0.6 is 11.6 Å². The summed E-state index contributed by atoms with van der Waals surface area (Å²) in [5, 5.41) is 7.33. The molecule has 4 rings (SSSR count). The fourth-order valence-electron chi connectivity index (χ4n) is 4.59. The number of anilines is 1. The smallest absolute Gasteiger partial charge is 0.382 e. The first-order chi connectivity index (χ1) is 15.2. The molecule has 32 heavy (non-hydrogen) atoms. The lowest BCUT2D eigenvalue weighted by molar-refractivity contribution is -0.141. The molecule has 0 bridgehead atoms. The molecule has 0 atom stereocenters. The number of amides is 1. The van der Waals surface area contributed by atoms with Gasteiger partial charge in [0.25, 0.3) is 0 Å². The summed E-state index contributed by atoms with van der Waals surface area (Å²) in [6.45, 7) is 0. The van der Waals surface area contributed by atoms with E-state index in [0.29, 0.717) is 41.8 Å². The molecule has 0 aliphatic heterocycles. The molecule has 0 saturated heterocycles. The Morgan fingerprint density at radius 2 is 1.66 bits per heavy atom. The first kappa shape index (κ1) is 22.8. The van der Waals surface area contributed by atoms with Gasteiger partial charge in [-0.2, -0.15) is 13.2 Å². The summed E-state index contributed by atoms with van der Waals surface area (Å²) < 4.78 is 40.0. The zero-order chi connectivity index (χ0) is 22.9. The molecule has 5 nitrogen and oxygen atoms in total. The molecule has 9 heteroatoms. The van der Waals surface area contributed by atoms with E-state index in [1.54, 1.807) is 6.07 Å². The first-order valence-corrected chi connectivity index (χ1v) is 11.3. The SMILES string of the molecule is O=C1CCC(C(=O)NC2CCC(Nc3cc(C(F)(F)F)nc4ccc(Cl)cc34)CC2)CC1. The number of halogens is 4. The standard InChI is InChI=1S/C23H25ClF3N3O2/c24-14-3-10-19-18(11-14)20(12-21(30-19)23(25,26)27)28-15-4-6-16(7-5-15)29-22(32)13-1-8-17(31)9-2-13/h3,10-13,15-16H,1-2,4-9H2,(H,28,30)(H,29,32). The monoisotopic (exact) mass is 467 g/mol. The van der Waals surface area contributed by atoms with Gasteiger partial charge in [0.15, 0.2) is 0 Å². The van der Waals surface area contributed by atoms with Gasteiger partial charge in [-0.3, -0.25) is 9.59 Å². The average Bonchev–Trinajstić information content (AvgIpc) is 2.75. The van der Waals surface area contributed by atoms with Crippen LogP contribution in [0.5, 0.6) is 0 Å². The molecule has 2 aliphatic rings. The van der Waals surface area contributed by atoms with E-state index in [4.69, 9.17) is 11.6 Å². The fraction of sp³-hybridized carbons (Fsp3) is 0.522. The molecular formula is C23H25ClF3N3O2. The Bertz CT molecular complexity index is 1010. The van der Waals surface area contributed by atoms with Crippen LogP contribution in [0.4, 0.5) is 18.9 Å². The number of alkyl halides is 3. The third-order valence-electron chi connectivity index (χ3n) is 6.41. The molecule has 2 aliphatic carbocycles. The van der Waals surface area contributed by atoms with Crippen molar-refractivity contribution in [3.63, 3.8) is 0 Å². The largest absolute Gasteiger partial charge is 0.433 e. The average molecular weight is 468 g/mol. The maximum absolute atomic E-state index is 13.3. The highest BCUT2D eigenvalue weighted by Crippen LogP contribution is 2.35. The summed E-state index contributed by atoms with van der Waals surface area (Å²) >= 11 is 6.07. The van der Waals surface area contributed by atoms with Crippen LogP contribution in [0.1, 0.15) is 57.1 Å². The Hall–Kier alpha value is -2.35. The maximum atomic E-state index is 13.3. The molecule has 0 spiro atoms. The third-order valence-corrected chi connectivity index (χ3v) is 6.64. The van der Waals surface area contributed by atoms with E-state index in [1.165, 1.54) is 12.1 Å². The lowest BCUT2D eigenvalue weighted by atomic mass is 9.86. The number of hydrogen-bond donors (Lipinski definition) is 2. The Kier molecular flexibility index (Phi) is 6.60. The number of hydrogen-bond acceptors (Lipinski definition) is 4. The first-order valence-electron chi connectivity index (χ1n) is 10.9. The zero-order valence-corrected chi connectivity index (χ0v) is 18.2. The Balaban J connectivity index is 1.40. The number of pyridine rings is 1. The Labute approximate surface area is 189 Å². The minimum absolute atomic E-state index is 0.0125. The second-order valence-corrected chi connectivity index (χ2v) is 9.17. The lowest BCUT2D eigenvalue weighted by Gasteiger charge is -2.32. The van der Waals surface area contributed by atoms with Gasteiger partial charge in [0.05, 0.1) is 5.52 Å². The molecule has 1 aromatic heterocycles. The number of ketones is 1. The van der Waals surface area contributed by atoms with Crippen molar-refractivity contribution >= 4 is 39.9 Å². The number of rotatable bonds is 4. The van der Waals surface area contributed by atoms with Crippen molar-refractivity contribution < 1.29 is 22.8 Å². The van der Waals surface area contributed by atoms with E-state index in [1.807, 2.05) is 0 Å². The van der Waals surface area contributed by atoms with Gasteiger partial charge in [-0.1, -0.05) is 11.6 Å². The normalized spacial score (nSPS) is 22.7. The van der Waals surface area contributed by atoms with Gasteiger partial charge in [-0.25, -0.2) is 4.98 Å². The number of benzene rings is 1. The molecule has 0 radical (unpaired) electrons. The van der Waals surface area contributed by atoms with E-state index in [2.05, 4.69) is 15.6 Å². The third kappa shape index (κ3) is 5.34. The van der Waals surface area contributed by atoms with Gasteiger partial charge in [-0.05, 0) is 62.8 Å². The number of Topliss-reactive ketones (excluding diaryl/α,β-unsaturated/α-hetero) is 1. The van der Waals surface area contributed by atoms with Gasteiger partial charge < -0.3 is 10.6 Å². The second kappa shape index (κ2) is 9.25. The maximum Gasteiger partial charge on any atom is 0.433 e. The molecule has 2 aromatic rings. The van der Waals surface area contributed by atoms with E-state index >= 15 is 0 Å². The van der Waals surface area contributed by atoms with Crippen molar-refractivity contribution in [3.05, 3.63) is 35.0 Å². The van der Waals surface area contributed by atoms with Crippen LogP contribution in [-0.2, 0) is 15.8 Å².